The van der Waals surface area contributed by atoms with E-state index in [-0.39, 0.29) is 0 Å². The van der Waals surface area contributed by atoms with E-state index >= 15 is 0 Å². The minimum Gasteiger partial charge on any atom is -0.0830 e. The molecule has 3 aromatic rings. The van der Waals surface area contributed by atoms with Gasteiger partial charge in [0.15, 0.2) is 0 Å². The van der Waals surface area contributed by atoms with E-state index in [2.05, 4.69) is 24.3 Å². The van der Waals surface area contributed by atoms with Crippen LogP contribution >= 0.6 is 11.6 Å². The van der Waals surface area contributed by atoms with Crippen LogP contribution in [0.5, 0.6) is 0 Å². The minimum atomic E-state index is 0.792. The highest BCUT2D eigenvalue weighted by Gasteiger charge is 2.08. The number of hydrogen-bond acceptors (Lipinski definition) is 0. The van der Waals surface area contributed by atoms with Crippen molar-refractivity contribution in [1.29, 1.82) is 0 Å². The fourth-order valence-corrected chi connectivity index (χ4v) is 2.51. The Labute approximate surface area is 118 Å². The lowest BCUT2D eigenvalue weighted by atomic mass is 9.99. The van der Waals surface area contributed by atoms with Crippen molar-refractivity contribution in [2.75, 3.05) is 0 Å². The van der Waals surface area contributed by atoms with Crippen molar-refractivity contribution in [2.45, 2.75) is 0 Å². The molecule has 19 heavy (non-hydrogen) atoms. The molecular weight excluding hydrogens is 252 g/mol. The molecule has 0 aliphatic carbocycles. The summed E-state index contributed by atoms with van der Waals surface area (Å²) in [5.74, 6) is 0. The van der Waals surface area contributed by atoms with Gasteiger partial charge >= 0.3 is 0 Å². The zero-order valence-electron chi connectivity index (χ0n) is 10.3. The molecule has 0 saturated carbocycles. The highest BCUT2D eigenvalue weighted by atomic mass is 35.5. The van der Waals surface area contributed by atoms with E-state index in [4.69, 9.17) is 11.6 Å². The maximum absolute atomic E-state index is 6.57. The Morgan fingerprint density at radius 3 is 1.84 bits per heavy atom. The summed E-state index contributed by atoms with van der Waals surface area (Å²) in [6.07, 6.45) is 0. The Bertz CT molecular complexity index is 615. The van der Waals surface area contributed by atoms with Crippen LogP contribution in [-0.2, 0) is 0 Å². The van der Waals surface area contributed by atoms with E-state index < -0.39 is 0 Å². The van der Waals surface area contributed by atoms with Gasteiger partial charge in [-0.05, 0) is 17.2 Å². The van der Waals surface area contributed by atoms with Crippen molar-refractivity contribution in [3.8, 4) is 22.3 Å². The summed E-state index contributed by atoms with van der Waals surface area (Å²) in [6, 6.07) is 27.2. The second kappa shape index (κ2) is 5.29. The molecule has 0 aliphatic heterocycles. The fourth-order valence-electron chi connectivity index (χ4n) is 2.16. The maximum Gasteiger partial charge on any atom is 0.0562 e. The largest absolute Gasteiger partial charge is 0.0830 e. The summed E-state index contributed by atoms with van der Waals surface area (Å²) in [4.78, 5) is 0. The topological polar surface area (TPSA) is 0 Å². The number of halogens is 1. The van der Waals surface area contributed by atoms with E-state index in [1.807, 2.05) is 54.6 Å². The van der Waals surface area contributed by atoms with Crippen LogP contribution in [0.4, 0.5) is 0 Å². The second-order valence-electron chi connectivity index (χ2n) is 4.32. The first kappa shape index (κ1) is 12.0. The van der Waals surface area contributed by atoms with Gasteiger partial charge in [0, 0.05) is 11.1 Å². The molecule has 0 atom stereocenters. The molecule has 1 heteroatoms. The van der Waals surface area contributed by atoms with Crippen molar-refractivity contribution >= 4 is 11.6 Å². The van der Waals surface area contributed by atoms with Gasteiger partial charge in [0.1, 0.15) is 0 Å². The Kier molecular flexibility index (Phi) is 3.35. The summed E-state index contributed by atoms with van der Waals surface area (Å²) >= 11 is 6.57. The summed E-state index contributed by atoms with van der Waals surface area (Å²) < 4.78 is 0. The van der Waals surface area contributed by atoms with Crippen molar-refractivity contribution in [3.05, 3.63) is 83.9 Å². The van der Waals surface area contributed by atoms with Crippen LogP contribution < -0.4 is 0 Å². The van der Waals surface area contributed by atoms with Gasteiger partial charge in [-0.2, -0.15) is 0 Å². The van der Waals surface area contributed by atoms with Crippen LogP contribution in [0, 0.1) is 6.07 Å². The third-order valence-corrected chi connectivity index (χ3v) is 3.52. The molecule has 3 rings (SSSR count). The van der Waals surface area contributed by atoms with Gasteiger partial charge in [-0.25, -0.2) is 0 Å². The lowest BCUT2D eigenvalue weighted by Gasteiger charge is -2.10. The molecule has 0 unspecified atom stereocenters. The number of benzene rings is 3. The Hall–Kier alpha value is -2.05. The first-order valence-corrected chi connectivity index (χ1v) is 6.54. The molecular formula is C18H12Cl. The highest BCUT2D eigenvalue weighted by molar-refractivity contribution is 6.36. The fraction of sp³-hybridized carbons (Fsp3) is 0. The van der Waals surface area contributed by atoms with Gasteiger partial charge in [-0.15, -0.1) is 0 Å². The van der Waals surface area contributed by atoms with E-state index in [0.29, 0.717) is 0 Å². The van der Waals surface area contributed by atoms with E-state index in [0.717, 1.165) is 27.3 Å². The third-order valence-electron chi connectivity index (χ3n) is 3.11. The number of rotatable bonds is 2. The molecule has 0 spiro atoms. The average molecular weight is 264 g/mol. The molecule has 0 nitrogen and oxygen atoms in total. The molecule has 91 valence electrons. The van der Waals surface area contributed by atoms with Crippen LogP contribution in [0.2, 0.25) is 5.02 Å². The summed E-state index contributed by atoms with van der Waals surface area (Å²) in [6.45, 7) is 0. The van der Waals surface area contributed by atoms with E-state index in [9.17, 15) is 0 Å². The Balaban J connectivity index is 2.15. The van der Waals surface area contributed by atoms with E-state index in [1.54, 1.807) is 0 Å². The van der Waals surface area contributed by atoms with Gasteiger partial charge in [-0.3, -0.25) is 0 Å². The molecule has 0 saturated heterocycles. The van der Waals surface area contributed by atoms with Crippen LogP contribution in [0.1, 0.15) is 0 Å². The monoisotopic (exact) mass is 263 g/mol. The standard InChI is InChI=1S/C18H12Cl/c19-18-16(14-8-3-1-4-9-14)12-7-13-17(18)15-10-5-2-6-11-15/h1,3-13H. The summed E-state index contributed by atoms with van der Waals surface area (Å²) in [7, 11) is 0. The predicted octanol–water partition coefficient (Wildman–Crippen LogP) is 5.47. The average Bonchev–Trinajstić information content (AvgIpc) is 2.49. The van der Waals surface area contributed by atoms with Gasteiger partial charge in [0.2, 0.25) is 0 Å². The molecule has 0 aliphatic rings. The van der Waals surface area contributed by atoms with Crippen molar-refractivity contribution < 1.29 is 0 Å². The lowest BCUT2D eigenvalue weighted by Crippen LogP contribution is -1.84. The SMILES string of the molecule is Clc1c(-c2cc[c]cc2)cccc1-c1ccccc1. The Morgan fingerprint density at radius 1 is 0.632 bits per heavy atom. The molecule has 0 fully saturated rings. The van der Waals surface area contributed by atoms with Gasteiger partial charge in [0.25, 0.3) is 0 Å². The van der Waals surface area contributed by atoms with Crippen LogP contribution in [0.25, 0.3) is 22.3 Å². The first-order valence-electron chi connectivity index (χ1n) is 6.17. The van der Waals surface area contributed by atoms with Crippen molar-refractivity contribution in [1.82, 2.24) is 0 Å². The minimum absolute atomic E-state index is 0.792. The molecule has 1 radical (unpaired) electrons. The highest BCUT2D eigenvalue weighted by Crippen LogP contribution is 2.35. The van der Waals surface area contributed by atoms with E-state index in [1.165, 1.54) is 0 Å². The normalized spacial score (nSPS) is 10.4. The lowest BCUT2D eigenvalue weighted by molar-refractivity contribution is 1.58. The zero-order chi connectivity index (χ0) is 13.1. The third kappa shape index (κ3) is 2.40. The van der Waals surface area contributed by atoms with Crippen LogP contribution in [-0.4, -0.2) is 0 Å². The predicted molar refractivity (Wildman–Crippen MR) is 81.2 cm³/mol. The summed E-state index contributed by atoms with van der Waals surface area (Å²) in [5.41, 5.74) is 4.36. The molecule has 3 aromatic carbocycles. The molecule has 0 N–H and O–H groups in total. The zero-order valence-corrected chi connectivity index (χ0v) is 11.1. The summed E-state index contributed by atoms with van der Waals surface area (Å²) in [5, 5.41) is 0.792. The first-order chi connectivity index (χ1) is 9.36. The van der Waals surface area contributed by atoms with Gasteiger partial charge in [-0.1, -0.05) is 84.4 Å². The number of hydrogen-bond donors (Lipinski definition) is 0. The van der Waals surface area contributed by atoms with Crippen LogP contribution in [0.15, 0.2) is 72.8 Å². The van der Waals surface area contributed by atoms with Crippen molar-refractivity contribution in [3.63, 3.8) is 0 Å². The van der Waals surface area contributed by atoms with Gasteiger partial charge < -0.3 is 0 Å². The smallest absolute Gasteiger partial charge is 0.0562 e. The maximum atomic E-state index is 6.57. The quantitative estimate of drug-likeness (QED) is 0.575. The molecule has 0 aromatic heterocycles. The second-order valence-corrected chi connectivity index (χ2v) is 4.70. The van der Waals surface area contributed by atoms with Gasteiger partial charge in [0.05, 0.1) is 5.02 Å². The molecule has 0 heterocycles. The van der Waals surface area contributed by atoms with Crippen molar-refractivity contribution in [2.24, 2.45) is 0 Å². The molecule has 0 amide bonds. The molecule has 0 bridgehead atoms. The Morgan fingerprint density at radius 2 is 1.21 bits per heavy atom. The van der Waals surface area contributed by atoms with Crippen LogP contribution in [0.3, 0.4) is 0 Å².